The second-order valence-electron chi connectivity index (χ2n) is 4.15. The highest BCUT2D eigenvalue weighted by Crippen LogP contribution is 2.32. The summed E-state index contributed by atoms with van der Waals surface area (Å²) in [6, 6.07) is 5.25. The van der Waals surface area contributed by atoms with Gasteiger partial charge >= 0.3 is 0 Å². The van der Waals surface area contributed by atoms with Gasteiger partial charge in [0.25, 0.3) is 5.91 Å². The molecular weight excluding hydrogens is 232 g/mol. The Morgan fingerprint density at radius 3 is 2.83 bits per heavy atom. The molecule has 1 heterocycles. The largest absolute Gasteiger partial charge is 0.454 e. The second kappa shape index (κ2) is 5.73. The smallest absolute Gasteiger partial charge is 0.254 e. The van der Waals surface area contributed by atoms with Crippen LogP contribution in [0.15, 0.2) is 18.2 Å². The highest BCUT2D eigenvalue weighted by Gasteiger charge is 2.19. The molecular formula is C13H18N2O3. The summed E-state index contributed by atoms with van der Waals surface area (Å²) in [4.78, 5) is 14.1. The van der Waals surface area contributed by atoms with Crippen LogP contribution in [0.2, 0.25) is 0 Å². The molecule has 0 radical (unpaired) electrons. The van der Waals surface area contributed by atoms with Crippen LogP contribution in [-0.4, -0.2) is 37.2 Å². The van der Waals surface area contributed by atoms with E-state index in [9.17, 15) is 4.79 Å². The maximum Gasteiger partial charge on any atom is 0.254 e. The molecule has 1 amide bonds. The third kappa shape index (κ3) is 2.56. The lowest BCUT2D eigenvalue weighted by molar-refractivity contribution is 0.0760. The molecule has 1 aromatic carbocycles. The average molecular weight is 250 g/mol. The number of nitrogens with two attached hydrogens (primary N) is 1. The molecule has 1 aliphatic rings. The molecule has 2 rings (SSSR count). The Balaban J connectivity index is 2.16. The first-order valence-corrected chi connectivity index (χ1v) is 6.15. The molecule has 0 saturated heterocycles. The molecule has 5 heteroatoms. The first-order chi connectivity index (χ1) is 8.76. The second-order valence-corrected chi connectivity index (χ2v) is 4.15. The van der Waals surface area contributed by atoms with Gasteiger partial charge in [-0.1, -0.05) is 6.92 Å². The molecule has 0 unspecified atom stereocenters. The van der Waals surface area contributed by atoms with Crippen LogP contribution in [0.5, 0.6) is 11.5 Å². The van der Waals surface area contributed by atoms with Crippen molar-refractivity contribution >= 4 is 5.91 Å². The van der Waals surface area contributed by atoms with Crippen molar-refractivity contribution in [3.05, 3.63) is 23.8 Å². The zero-order valence-corrected chi connectivity index (χ0v) is 10.5. The van der Waals surface area contributed by atoms with E-state index < -0.39 is 0 Å². The minimum atomic E-state index is -0.0133. The molecule has 98 valence electrons. The maximum absolute atomic E-state index is 12.3. The van der Waals surface area contributed by atoms with Crippen molar-refractivity contribution in [2.45, 2.75) is 13.3 Å². The van der Waals surface area contributed by atoms with Gasteiger partial charge in [0.05, 0.1) is 0 Å². The van der Waals surface area contributed by atoms with Crippen LogP contribution >= 0.6 is 0 Å². The molecule has 0 aliphatic carbocycles. The molecule has 18 heavy (non-hydrogen) atoms. The fraction of sp³-hybridized carbons (Fsp3) is 0.462. The Bertz CT molecular complexity index is 428. The quantitative estimate of drug-likeness (QED) is 0.853. The number of carbonyl (C=O) groups excluding carboxylic acids is 1. The monoisotopic (exact) mass is 250 g/mol. The number of benzene rings is 1. The summed E-state index contributed by atoms with van der Waals surface area (Å²) >= 11 is 0. The number of rotatable bonds is 5. The van der Waals surface area contributed by atoms with E-state index in [4.69, 9.17) is 15.2 Å². The summed E-state index contributed by atoms with van der Waals surface area (Å²) in [5.41, 5.74) is 6.14. The molecule has 0 atom stereocenters. The van der Waals surface area contributed by atoms with Crippen LogP contribution in [-0.2, 0) is 0 Å². The van der Waals surface area contributed by atoms with Crippen LogP contribution in [0, 0.1) is 0 Å². The van der Waals surface area contributed by atoms with Gasteiger partial charge in [0.2, 0.25) is 6.79 Å². The Labute approximate surface area is 106 Å². The molecule has 1 aliphatic heterocycles. The highest BCUT2D eigenvalue weighted by atomic mass is 16.7. The van der Waals surface area contributed by atoms with Crippen LogP contribution in [0.1, 0.15) is 23.7 Å². The first kappa shape index (κ1) is 12.7. The summed E-state index contributed by atoms with van der Waals surface area (Å²) in [5.74, 6) is 1.30. The van der Waals surface area contributed by atoms with Crippen LogP contribution in [0.3, 0.4) is 0 Å². The summed E-state index contributed by atoms with van der Waals surface area (Å²) in [6.07, 6.45) is 0.913. The van der Waals surface area contributed by atoms with Gasteiger partial charge < -0.3 is 20.1 Å². The maximum atomic E-state index is 12.3. The number of hydrogen-bond donors (Lipinski definition) is 1. The molecule has 0 aromatic heterocycles. The SMILES string of the molecule is CCCN(CCN)C(=O)c1ccc2c(c1)OCO2. The lowest BCUT2D eigenvalue weighted by Gasteiger charge is -2.21. The van der Waals surface area contributed by atoms with Gasteiger partial charge in [0.15, 0.2) is 11.5 Å². The minimum absolute atomic E-state index is 0.0133. The van der Waals surface area contributed by atoms with E-state index in [1.54, 1.807) is 23.1 Å². The number of carbonyl (C=O) groups is 1. The van der Waals surface area contributed by atoms with Crippen molar-refractivity contribution in [3.63, 3.8) is 0 Å². The fourth-order valence-corrected chi connectivity index (χ4v) is 1.95. The predicted molar refractivity (Wildman–Crippen MR) is 67.8 cm³/mol. The van der Waals surface area contributed by atoms with E-state index in [0.717, 1.165) is 6.42 Å². The lowest BCUT2D eigenvalue weighted by Crippen LogP contribution is -2.35. The molecule has 0 bridgehead atoms. The van der Waals surface area contributed by atoms with Gasteiger partial charge in [0.1, 0.15) is 0 Å². The highest BCUT2D eigenvalue weighted by molar-refractivity contribution is 5.95. The molecule has 0 saturated carbocycles. The number of hydrogen-bond acceptors (Lipinski definition) is 4. The summed E-state index contributed by atoms with van der Waals surface area (Å²) in [7, 11) is 0. The van der Waals surface area contributed by atoms with Gasteiger partial charge in [-0.2, -0.15) is 0 Å². The Morgan fingerprint density at radius 2 is 2.11 bits per heavy atom. The van der Waals surface area contributed by atoms with E-state index >= 15 is 0 Å². The Hall–Kier alpha value is -1.75. The minimum Gasteiger partial charge on any atom is -0.454 e. The first-order valence-electron chi connectivity index (χ1n) is 6.15. The Kier molecular flexibility index (Phi) is 4.04. The van der Waals surface area contributed by atoms with Crippen molar-refractivity contribution < 1.29 is 14.3 Å². The van der Waals surface area contributed by atoms with Gasteiger partial charge in [-0.25, -0.2) is 0 Å². The third-order valence-electron chi connectivity index (χ3n) is 2.80. The van der Waals surface area contributed by atoms with E-state index in [-0.39, 0.29) is 12.7 Å². The number of fused-ring (bicyclic) bond motifs is 1. The molecule has 5 nitrogen and oxygen atoms in total. The van der Waals surface area contributed by atoms with Crippen molar-refractivity contribution in [2.24, 2.45) is 5.73 Å². The van der Waals surface area contributed by atoms with Gasteiger partial charge in [-0.05, 0) is 24.6 Å². The van der Waals surface area contributed by atoms with Crippen LogP contribution < -0.4 is 15.2 Å². The molecule has 2 N–H and O–H groups in total. The zero-order valence-electron chi connectivity index (χ0n) is 10.5. The average Bonchev–Trinajstić information content (AvgIpc) is 2.84. The van der Waals surface area contributed by atoms with Crippen molar-refractivity contribution in [1.82, 2.24) is 4.90 Å². The van der Waals surface area contributed by atoms with E-state index in [2.05, 4.69) is 0 Å². The predicted octanol–water partition coefficient (Wildman–Crippen LogP) is 1.23. The van der Waals surface area contributed by atoms with Crippen molar-refractivity contribution in [2.75, 3.05) is 26.4 Å². The van der Waals surface area contributed by atoms with Gasteiger partial charge in [-0.15, -0.1) is 0 Å². The zero-order chi connectivity index (χ0) is 13.0. The van der Waals surface area contributed by atoms with E-state index in [0.29, 0.717) is 36.7 Å². The van der Waals surface area contributed by atoms with Crippen molar-refractivity contribution in [3.8, 4) is 11.5 Å². The lowest BCUT2D eigenvalue weighted by atomic mass is 10.1. The summed E-state index contributed by atoms with van der Waals surface area (Å²) in [6.45, 7) is 4.01. The molecule has 1 aromatic rings. The van der Waals surface area contributed by atoms with E-state index in [1.807, 2.05) is 6.92 Å². The fourth-order valence-electron chi connectivity index (χ4n) is 1.95. The summed E-state index contributed by atoms with van der Waals surface area (Å²) < 4.78 is 10.5. The third-order valence-corrected chi connectivity index (χ3v) is 2.80. The number of amides is 1. The van der Waals surface area contributed by atoms with Crippen LogP contribution in [0.4, 0.5) is 0 Å². The number of ether oxygens (including phenoxy) is 2. The topological polar surface area (TPSA) is 64.8 Å². The van der Waals surface area contributed by atoms with Crippen molar-refractivity contribution in [1.29, 1.82) is 0 Å². The number of nitrogens with zero attached hydrogens (tertiary/aromatic N) is 1. The standard InChI is InChI=1S/C13H18N2O3/c1-2-6-15(7-5-14)13(16)10-3-4-11-12(8-10)18-9-17-11/h3-4,8H,2,5-7,9,14H2,1H3. The molecule has 0 fully saturated rings. The Morgan fingerprint density at radius 1 is 1.33 bits per heavy atom. The van der Waals surface area contributed by atoms with E-state index in [1.165, 1.54) is 0 Å². The summed E-state index contributed by atoms with van der Waals surface area (Å²) in [5, 5.41) is 0. The molecule has 0 spiro atoms. The van der Waals surface area contributed by atoms with Crippen LogP contribution in [0.25, 0.3) is 0 Å². The normalized spacial score (nSPS) is 12.6. The van der Waals surface area contributed by atoms with Gasteiger partial charge in [0, 0.05) is 25.2 Å². The van der Waals surface area contributed by atoms with Gasteiger partial charge in [-0.3, -0.25) is 4.79 Å².